The third-order valence-electron chi connectivity index (χ3n) is 7.68. The first-order valence-electron chi connectivity index (χ1n) is 13.7. The van der Waals surface area contributed by atoms with Crippen LogP contribution in [-0.2, 0) is 14.3 Å². The summed E-state index contributed by atoms with van der Waals surface area (Å²) < 4.78 is 18.6. The summed E-state index contributed by atoms with van der Waals surface area (Å²) in [6, 6.07) is 8.02. The lowest BCUT2D eigenvalue weighted by Gasteiger charge is -2.59. The summed E-state index contributed by atoms with van der Waals surface area (Å²) in [7, 11) is 0. The zero-order valence-corrected chi connectivity index (χ0v) is 23.5. The molecule has 3 saturated heterocycles. The molecule has 36 heavy (non-hydrogen) atoms. The third kappa shape index (κ3) is 6.61. The van der Waals surface area contributed by atoms with Gasteiger partial charge in [-0.15, -0.1) is 0 Å². The molecule has 3 heterocycles. The van der Waals surface area contributed by atoms with Gasteiger partial charge in [-0.05, 0) is 78.2 Å². The molecule has 1 N–H and O–H groups in total. The van der Waals surface area contributed by atoms with E-state index in [1.807, 2.05) is 24.3 Å². The molecule has 2 atom stereocenters. The Labute approximate surface area is 218 Å². The number of β-amino-alcohol motifs (C(OH)–C–C–N with tert-alkyl or cyclic N) is 1. The van der Waals surface area contributed by atoms with Gasteiger partial charge in [0, 0.05) is 35.9 Å². The van der Waals surface area contributed by atoms with Crippen LogP contribution in [0.4, 0.5) is 0 Å². The molecule has 3 aliphatic rings. The van der Waals surface area contributed by atoms with E-state index < -0.39 is 11.9 Å². The second-order valence-corrected chi connectivity index (χ2v) is 13.2. The minimum atomic E-state index is -0.566. The van der Waals surface area contributed by atoms with E-state index in [-0.39, 0.29) is 22.6 Å². The predicted octanol–water partition coefficient (Wildman–Crippen LogP) is 4.94. The van der Waals surface area contributed by atoms with E-state index in [1.54, 1.807) is 0 Å². The summed E-state index contributed by atoms with van der Waals surface area (Å²) in [6.07, 6.45) is 3.35. The van der Waals surface area contributed by atoms with Gasteiger partial charge in [-0.3, -0.25) is 4.84 Å². The van der Waals surface area contributed by atoms with Gasteiger partial charge in [0.25, 0.3) is 0 Å². The highest BCUT2D eigenvalue weighted by Crippen LogP contribution is 2.49. The fourth-order valence-corrected chi connectivity index (χ4v) is 6.13. The van der Waals surface area contributed by atoms with Crippen molar-refractivity contribution >= 4 is 0 Å². The van der Waals surface area contributed by atoms with Crippen LogP contribution in [0, 0.1) is 5.41 Å². The van der Waals surface area contributed by atoms with Crippen molar-refractivity contribution in [2.75, 3.05) is 39.5 Å². The lowest BCUT2D eigenvalue weighted by Crippen LogP contribution is -2.68. The Bertz CT molecular complexity index is 833. The quantitative estimate of drug-likeness (QED) is 0.538. The predicted molar refractivity (Wildman–Crippen MR) is 141 cm³/mol. The SMILES string of the molecule is CC(ON1C(C)(C)CC2(CC1(C)C)OCC(C)(C)CO2)c1ccc(OCC(O)CN2CCCC2)cc1. The minimum absolute atomic E-state index is 0.0452. The standard InChI is InChI=1S/C29H48N2O5/c1-22(23-10-12-25(13-11-23)33-17-24(32)16-30-14-8-9-15-30)36-31-27(4,5)18-29(19-28(31,6)7)34-20-26(2,3)21-35-29/h10-13,22,24,32H,8-9,14-21H2,1-7H3. The second-order valence-electron chi connectivity index (χ2n) is 13.2. The van der Waals surface area contributed by atoms with Crippen molar-refractivity contribution in [1.82, 2.24) is 9.96 Å². The summed E-state index contributed by atoms with van der Waals surface area (Å²) in [5.74, 6) is 0.200. The smallest absolute Gasteiger partial charge is 0.171 e. The fourth-order valence-electron chi connectivity index (χ4n) is 6.13. The number of piperidine rings is 1. The van der Waals surface area contributed by atoms with Crippen molar-refractivity contribution in [2.45, 2.75) is 103 Å². The second kappa shape index (κ2) is 10.5. The average molecular weight is 505 g/mol. The zero-order valence-electron chi connectivity index (χ0n) is 23.5. The van der Waals surface area contributed by atoms with E-state index in [0.717, 1.165) is 37.2 Å². The molecule has 7 heteroatoms. The molecule has 1 spiro atoms. The van der Waals surface area contributed by atoms with Crippen LogP contribution in [0.1, 0.15) is 85.8 Å². The molecule has 3 aliphatic heterocycles. The molecule has 1 aromatic rings. The maximum absolute atomic E-state index is 10.3. The van der Waals surface area contributed by atoms with Crippen molar-refractivity contribution in [1.29, 1.82) is 0 Å². The van der Waals surface area contributed by atoms with Gasteiger partial charge < -0.3 is 24.2 Å². The molecule has 0 bridgehead atoms. The van der Waals surface area contributed by atoms with Crippen molar-refractivity contribution in [3.05, 3.63) is 29.8 Å². The Hall–Kier alpha value is -1.22. The van der Waals surface area contributed by atoms with Gasteiger partial charge in [-0.1, -0.05) is 26.0 Å². The van der Waals surface area contributed by atoms with Gasteiger partial charge in [-0.2, -0.15) is 5.06 Å². The molecule has 0 amide bonds. The highest BCUT2D eigenvalue weighted by atomic mass is 16.7. The van der Waals surface area contributed by atoms with E-state index in [2.05, 4.69) is 58.4 Å². The van der Waals surface area contributed by atoms with Crippen LogP contribution in [-0.4, -0.2) is 77.5 Å². The first-order valence-corrected chi connectivity index (χ1v) is 13.7. The Morgan fingerprint density at radius 2 is 1.47 bits per heavy atom. The third-order valence-corrected chi connectivity index (χ3v) is 7.68. The molecule has 7 nitrogen and oxygen atoms in total. The molecule has 4 rings (SSSR count). The van der Waals surface area contributed by atoms with Crippen LogP contribution in [0.5, 0.6) is 5.75 Å². The molecule has 1 aromatic carbocycles. The number of nitrogens with zero attached hydrogens (tertiary/aromatic N) is 2. The highest BCUT2D eigenvalue weighted by molar-refractivity contribution is 5.28. The van der Waals surface area contributed by atoms with Gasteiger partial charge in [0.05, 0.1) is 13.2 Å². The number of likely N-dealkylation sites (tertiary alicyclic amines) is 1. The summed E-state index contributed by atoms with van der Waals surface area (Å²) in [4.78, 5) is 8.93. The van der Waals surface area contributed by atoms with Gasteiger partial charge >= 0.3 is 0 Å². The fraction of sp³-hybridized carbons (Fsp3) is 0.793. The van der Waals surface area contributed by atoms with Gasteiger partial charge in [0.2, 0.25) is 0 Å². The Balaban J connectivity index is 1.33. The van der Waals surface area contributed by atoms with E-state index in [4.69, 9.17) is 19.0 Å². The van der Waals surface area contributed by atoms with Crippen LogP contribution in [0.2, 0.25) is 0 Å². The summed E-state index contributed by atoms with van der Waals surface area (Å²) in [5, 5.41) is 12.5. The molecule has 0 aromatic heterocycles. The monoisotopic (exact) mass is 504 g/mol. The van der Waals surface area contributed by atoms with Crippen molar-refractivity contribution < 1.29 is 24.2 Å². The molecule has 3 fully saturated rings. The maximum Gasteiger partial charge on any atom is 0.171 e. The van der Waals surface area contributed by atoms with Crippen LogP contribution in [0.25, 0.3) is 0 Å². The summed E-state index contributed by atoms with van der Waals surface area (Å²) in [5.41, 5.74) is 0.584. The average Bonchev–Trinajstić information content (AvgIpc) is 3.30. The molecule has 0 aliphatic carbocycles. The number of hydrogen-bond donors (Lipinski definition) is 1. The summed E-state index contributed by atoms with van der Waals surface area (Å²) in [6.45, 7) is 19.8. The molecule has 204 valence electrons. The molecular formula is C29H48N2O5. The largest absolute Gasteiger partial charge is 0.491 e. The van der Waals surface area contributed by atoms with Crippen LogP contribution >= 0.6 is 0 Å². The van der Waals surface area contributed by atoms with Crippen LogP contribution in [0.15, 0.2) is 24.3 Å². The number of hydrogen-bond acceptors (Lipinski definition) is 7. The van der Waals surface area contributed by atoms with Crippen LogP contribution in [0.3, 0.4) is 0 Å². The number of hydroxylamine groups is 2. The lowest BCUT2D eigenvalue weighted by atomic mass is 9.77. The number of rotatable bonds is 8. The first-order chi connectivity index (χ1) is 16.8. The minimum Gasteiger partial charge on any atom is -0.491 e. The van der Waals surface area contributed by atoms with Gasteiger partial charge in [-0.25, -0.2) is 0 Å². The van der Waals surface area contributed by atoms with Crippen LogP contribution < -0.4 is 4.74 Å². The Morgan fingerprint density at radius 1 is 0.917 bits per heavy atom. The summed E-state index contributed by atoms with van der Waals surface area (Å²) >= 11 is 0. The first kappa shape index (κ1) is 27.8. The van der Waals surface area contributed by atoms with E-state index >= 15 is 0 Å². The van der Waals surface area contributed by atoms with Crippen molar-refractivity contribution in [3.63, 3.8) is 0 Å². The zero-order chi connectivity index (χ0) is 26.2. The Morgan fingerprint density at radius 3 is 2.03 bits per heavy atom. The lowest BCUT2D eigenvalue weighted by molar-refractivity contribution is -0.387. The molecule has 0 saturated carbocycles. The number of benzene rings is 1. The van der Waals surface area contributed by atoms with E-state index in [0.29, 0.717) is 26.4 Å². The van der Waals surface area contributed by atoms with E-state index in [9.17, 15) is 5.11 Å². The topological polar surface area (TPSA) is 63.6 Å². The number of aliphatic hydroxyl groups is 1. The number of aliphatic hydroxyl groups excluding tert-OH is 1. The Kier molecular flexibility index (Phi) is 8.11. The van der Waals surface area contributed by atoms with Crippen molar-refractivity contribution in [2.24, 2.45) is 5.41 Å². The normalized spacial score (nSPS) is 27.1. The van der Waals surface area contributed by atoms with Crippen molar-refractivity contribution in [3.8, 4) is 5.75 Å². The molecular weight excluding hydrogens is 456 g/mol. The molecule has 0 radical (unpaired) electrons. The molecule has 2 unspecified atom stereocenters. The van der Waals surface area contributed by atoms with Gasteiger partial charge in [0.1, 0.15) is 24.6 Å². The maximum atomic E-state index is 10.3. The van der Waals surface area contributed by atoms with Gasteiger partial charge in [0.15, 0.2) is 5.79 Å². The van der Waals surface area contributed by atoms with E-state index in [1.165, 1.54) is 12.8 Å². The number of ether oxygens (including phenoxy) is 3. The highest BCUT2D eigenvalue weighted by Gasteiger charge is 2.57.